The number of hydrogen-bond acceptors (Lipinski definition) is 7. The van der Waals surface area contributed by atoms with Crippen LogP contribution in [0.2, 0.25) is 0 Å². The van der Waals surface area contributed by atoms with Gasteiger partial charge in [0, 0.05) is 17.5 Å². The van der Waals surface area contributed by atoms with Crippen molar-refractivity contribution >= 4 is 24.1 Å². The highest BCUT2D eigenvalue weighted by Gasteiger charge is 2.24. The van der Waals surface area contributed by atoms with E-state index in [0.717, 1.165) is 31.5 Å². The number of H-pyrrole nitrogens is 1. The van der Waals surface area contributed by atoms with E-state index in [2.05, 4.69) is 15.3 Å². The highest BCUT2D eigenvalue weighted by Crippen LogP contribution is 2.38. The minimum atomic E-state index is -0.492. The van der Waals surface area contributed by atoms with Crippen LogP contribution in [-0.2, 0) is 0 Å². The molecule has 1 N–H and O–H groups in total. The van der Waals surface area contributed by atoms with Gasteiger partial charge in [0.25, 0.3) is 0 Å². The standard InChI is InChI=1S/C19H25N5O4S/c1-12(2)28-17-15(24(25)26)9-13(10-16(17)27-3)11-20-23-18(21-22-19(23)29)14-7-5-4-6-8-14/h9-12,14H,4-8H2,1-3H3,(H,22,29)/b20-11-. The second-order valence-electron chi connectivity index (χ2n) is 7.27. The molecule has 0 unspecified atom stereocenters. The summed E-state index contributed by atoms with van der Waals surface area (Å²) in [6.07, 6.45) is 6.95. The third-order valence-corrected chi connectivity index (χ3v) is 5.06. The van der Waals surface area contributed by atoms with E-state index in [-0.39, 0.29) is 23.3 Å². The second-order valence-corrected chi connectivity index (χ2v) is 7.66. The molecule has 0 saturated heterocycles. The summed E-state index contributed by atoms with van der Waals surface area (Å²) >= 11 is 5.32. The maximum absolute atomic E-state index is 11.6. The number of rotatable bonds is 7. The van der Waals surface area contributed by atoms with Crippen molar-refractivity contribution in [3.05, 3.63) is 38.4 Å². The van der Waals surface area contributed by atoms with Crippen molar-refractivity contribution in [3.8, 4) is 11.5 Å². The van der Waals surface area contributed by atoms with Gasteiger partial charge in [-0.05, 0) is 45.0 Å². The predicted molar refractivity (Wildman–Crippen MR) is 112 cm³/mol. The van der Waals surface area contributed by atoms with Gasteiger partial charge in [-0.15, -0.1) is 0 Å². The molecule has 1 aliphatic carbocycles. The van der Waals surface area contributed by atoms with Gasteiger partial charge in [0.2, 0.25) is 10.5 Å². The Morgan fingerprint density at radius 1 is 1.38 bits per heavy atom. The molecule has 1 fully saturated rings. The van der Waals surface area contributed by atoms with Crippen molar-refractivity contribution in [3.63, 3.8) is 0 Å². The van der Waals surface area contributed by atoms with Gasteiger partial charge in [0.05, 0.1) is 24.4 Å². The average Bonchev–Trinajstić information content (AvgIpc) is 3.07. The molecule has 0 radical (unpaired) electrons. The van der Waals surface area contributed by atoms with E-state index in [9.17, 15) is 10.1 Å². The number of nitro groups is 1. The first-order valence-corrected chi connectivity index (χ1v) is 10.1. The Balaban J connectivity index is 1.97. The molecule has 29 heavy (non-hydrogen) atoms. The third-order valence-electron chi connectivity index (χ3n) is 4.80. The van der Waals surface area contributed by atoms with Crippen LogP contribution in [0.5, 0.6) is 11.5 Å². The fourth-order valence-electron chi connectivity index (χ4n) is 3.49. The molecule has 0 bridgehead atoms. The molecule has 1 aliphatic rings. The molecule has 3 rings (SSSR count). The van der Waals surface area contributed by atoms with Crippen LogP contribution < -0.4 is 9.47 Å². The number of aromatic nitrogens is 3. The predicted octanol–water partition coefficient (Wildman–Crippen LogP) is 4.57. The molecule has 1 saturated carbocycles. The van der Waals surface area contributed by atoms with Crippen molar-refractivity contribution in [1.82, 2.24) is 14.9 Å². The van der Waals surface area contributed by atoms with E-state index in [1.807, 2.05) is 0 Å². The quantitative estimate of drug-likeness (QED) is 0.305. The van der Waals surface area contributed by atoms with Crippen molar-refractivity contribution < 1.29 is 14.4 Å². The number of benzene rings is 1. The SMILES string of the molecule is COc1cc(/C=N\n2c(C3CCCCC3)n[nH]c2=S)cc([N+](=O)[O-])c1OC(C)C. The maximum atomic E-state index is 11.6. The number of hydrogen-bond donors (Lipinski definition) is 1. The van der Waals surface area contributed by atoms with E-state index >= 15 is 0 Å². The van der Waals surface area contributed by atoms with Crippen LogP contribution >= 0.6 is 12.2 Å². The Bertz CT molecular complexity index is 960. The van der Waals surface area contributed by atoms with Gasteiger partial charge in [-0.2, -0.15) is 14.9 Å². The highest BCUT2D eigenvalue weighted by atomic mass is 32.1. The molecule has 1 aromatic carbocycles. The Morgan fingerprint density at radius 3 is 2.72 bits per heavy atom. The van der Waals surface area contributed by atoms with Crippen molar-refractivity contribution in [2.24, 2.45) is 5.10 Å². The van der Waals surface area contributed by atoms with E-state index < -0.39 is 4.92 Å². The van der Waals surface area contributed by atoms with Gasteiger partial charge in [-0.3, -0.25) is 15.2 Å². The van der Waals surface area contributed by atoms with Gasteiger partial charge in [-0.1, -0.05) is 19.3 Å². The lowest BCUT2D eigenvalue weighted by Gasteiger charge is -2.19. The maximum Gasteiger partial charge on any atom is 0.315 e. The monoisotopic (exact) mass is 419 g/mol. The smallest absolute Gasteiger partial charge is 0.315 e. The fourth-order valence-corrected chi connectivity index (χ4v) is 3.68. The van der Waals surface area contributed by atoms with Crippen LogP contribution in [0.15, 0.2) is 17.2 Å². The van der Waals surface area contributed by atoms with E-state index in [0.29, 0.717) is 16.3 Å². The van der Waals surface area contributed by atoms with Crippen LogP contribution in [0.1, 0.15) is 63.3 Å². The minimum absolute atomic E-state index is 0.104. The second kappa shape index (κ2) is 9.17. The van der Waals surface area contributed by atoms with Crippen molar-refractivity contribution in [2.75, 3.05) is 7.11 Å². The number of nitrogens with zero attached hydrogens (tertiary/aromatic N) is 4. The molecule has 1 aromatic heterocycles. The van der Waals surface area contributed by atoms with Gasteiger partial charge in [0.1, 0.15) is 0 Å². The summed E-state index contributed by atoms with van der Waals surface area (Å²) in [5.74, 6) is 1.48. The summed E-state index contributed by atoms with van der Waals surface area (Å²) in [6.45, 7) is 3.60. The summed E-state index contributed by atoms with van der Waals surface area (Å²) in [5, 5.41) is 23.2. The largest absolute Gasteiger partial charge is 0.493 e. The van der Waals surface area contributed by atoms with Crippen LogP contribution in [-0.4, -0.2) is 39.2 Å². The van der Waals surface area contributed by atoms with Gasteiger partial charge in [0.15, 0.2) is 11.6 Å². The molecule has 0 atom stereocenters. The first-order valence-electron chi connectivity index (χ1n) is 9.65. The van der Waals surface area contributed by atoms with E-state index in [1.54, 1.807) is 24.6 Å². The molecular weight excluding hydrogens is 394 g/mol. The van der Waals surface area contributed by atoms with Gasteiger partial charge >= 0.3 is 5.69 Å². The number of ether oxygens (including phenoxy) is 2. The van der Waals surface area contributed by atoms with Crippen molar-refractivity contribution in [1.29, 1.82) is 0 Å². The lowest BCUT2D eigenvalue weighted by atomic mass is 9.89. The summed E-state index contributed by atoms with van der Waals surface area (Å²) in [5.41, 5.74) is 0.324. The van der Waals surface area contributed by atoms with Crippen LogP contribution in [0.3, 0.4) is 0 Å². The molecular formula is C19H25N5O4S. The fraction of sp³-hybridized carbons (Fsp3) is 0.526. The number of methoxy groups -OCH3 is 1. The molecule has 10 heteroatoms. The van der Waals surface area contributed by atoms with Crippen molar-refractivity contribution in [2.45, 2.75) is 58.0 Å². The molecule has 1 heterocycles. The van der Waals surface area contributed by atoms with E-state index in [4.69, 9.17) is 21.7 Å². The van der Waals surface area contributed by atoms with E-state index in [1.165, 1.54) is 25.8 Å². The normalized spacial score (nSPS) is 15.2. The lowest BCUT2D eigenvalue weighted by molar-refractivity contribution is -0.386. The molecule has 0 spiro atoms. The van der Waals surface area contributed by atoms with Gasteiger partial charge in [-0.25, -0.2) is 0 Å². The molecule has 9 nitrogen and oxygen atoms in total. The van der Waals surface area contributed by atoms with Crippen LogP contribution in [0.25, 0.3) is 0 Å². The first-order chi connectivity index (χ1) is 13.9. The zero-order chi connectivity index (χ0) is 21.0. The molecule has 0 aliphatic heterocycles. The zero-order valence-electron chi connectivity index (χ0n) is 16.8. The first kappa shape index (κ1) is 21.0. The number of nitrogens with one attached hydrogen (secondary N) is 1. The molecule has 2 aromatic rings. The topological polar surface area (TPSA) is 108 Å². The molecule has 0 amide bonds. The Labute approximate surface area is 173 Å². The van der Waals surface area contributed by atoms with Crippen LogP contribution in [0, 0.1) is 14.9 Å². The Morgan fingerprint density at radius 2 is 2.10 bits per heavy atom. The van der Waals surface area contributed by atoms with Crippen LogP contribution in [0.4, 0.5) is 5.69 Å². The average molecular weight is 420 g/mol. The molecule has 156 valence electrons. The van der Waals surface area contributed by atoms with Gasteiger partial charge < -0.3 is 9.47 Å². The summed E-state index contributed by atoms with van der Waals surface area (Å²) in [4.78, 5) is 11.1. The zero-order valence-corrected chi connectivity index (χ0v) is 17.6. The summed E-state index contributed by atoms with van der Waals surface area (Å²) in [6, 6.07) is 3.06. The third kappa shape index (κ3) is 4.81. The Hall–Kier alpha value is -2.75. The lowest BCUT2D eigenvalue weighted by Crippen LogP contribution is -2.10. The highest BCUT2D eigenvalue weighted by molar-refractivity contribution is 7.71. The summed E-state index contributed by atoms with van der Waals surface area (Å²) in [7, 11) is 1.44. The summed E-state index contributed by atoms with van der Waals surface area (Å²) < 4.78 is 12.9. The minimum Gasteiger partial charge on any atom is -0.493 e. The Kier molecular flexibility index (Phi) is 6.63. The number of nitro benzene ring substituents is 1. The number of aromatic amines is 1.